The minimum atomic E-state index is -2.46. The van der Waals surface area contributed by atoms with E-state index in [2.05, 4.69) is 4.98 Å². The van der Waals surface area contributed by atoms with Gasteiger partial charge >= 0.3 is 5.69 Å². The first-order chi connectivity index (χ1) is 9.90. The van der Waals surface area contributed by atoms with Crippen LogP contribution < -0.4 is 16.4 Å². The van der Waals surface area contributed by atoms with Crippen molar-refractivity contribution in [3.05, 3.63) is 62.9 Å². The molecule has 0 aliphatic heterocycles. The highest BCUT2D eigenvalue weighted by Crippen LogP contribution is 2.10. The second-order valence-corrected chi connectivity index (χ2v) is 9.13. The summed E-state index contributed by atoms with van der Waals surface area (Å²) < 4.78 is 1.49. The fourth-order valence-electron chi connectivity index (χ4n) is 2.32. The molecule has 0 aliphatic carbocycles. The third-order valence-corrected chi connectivity index (χ3v) is 6.55. The molecular weight excluding hydrogens is 284 g/mol. The second-order valence-electron chi connectivity index (χ2n) is 5.51. The Kier molecular flexibility index (Phi) is 4.59. The molecule has 1 aromatic carbocycles. The van der Waals surface area contributed by atoms with Crippen molar-refractivity contribution in [2.45, 2.75) is 32.5 Å². The van der Waals surface area contributed by atoms with Gasteiger partial charge in [-0.1, -0.05) is 30.3 Å². The Hall–Kier alpha value is -1.92. The molecule has 0 saturated carbocycles. The van der Waals surface area contributed by atoms with E-state index in [1.54, 1.807) is 13.1 Å². The highest BCUT2D eigenvalue weighted by molar-refractivity contribution is 6.84. The van der Waals surface area contributed by atoms with Gasteiger partial charge in [-0.05, 0) is 31.1 Å². The first kappa shape index (κ1) is 15.5. The Morgan fingerprint density at radius 1 is 1.24 bits per heavy atom. The predicted octanol–water partition coefficient (Wildman–Crippen LogP) is 0.710. The first-order valence-electron chi connectivity index (χ1n) is 6.98. The molecule has 1 atom stereocenters. The summed E-state index contributed by atoms with van der Waals surface area (Å²) in [5.74, 6) is 0. The molecule has 0 spiro atoms. The molecule has 1 heterocycles. The van der Waals surface area contributed by atoms with Gasteiger partial charge in [0.25, 0.3) is 5.56 Å². The summed E-state index contributed by atoms with van der Waals surface area (Å²) in [6, 6.07) is 10.3. The number of nitrogens with one attached hydrogen (secondary N) is 1. The predicted molar refractivity (Wildman–Crippen MR) is 85.4 cm³/mol. The van der Waals surface area contributed by atoms with Crippen molar-refractivity contribution in [1.82, 2.24) is 9.55 Å². The van der Waals surface area contributed by atoms with Gasteiger partial charge in [-0.25, -0.2) is 4.79 Å². The summed E-state index contributed by atoms with van der Waals surface area (Å²) in [6.45, 7) is 4.07. The fraction of sp³-hybridized carbons (Fsp3) is 0.333. The van der Waals surface area contributed by atoms with Gasteiger partial charge in [0.2, 0.25) is 8.32 Å². The van der Waals surface area contributed by atoms with E-state index in [1.165, 1.54) is 4.57 Å². The van der Waals surface area contributed by atoms with Crippen LogP contribution in [0.1, 0.15) is 12.0 Å². The molecule has 112 valence electrons. The fourth-order valence-corrected chi connectivity index (χ4v) is 4.37. The van der Waals surface area contributed by atoms with Crippen LogP contribution in [0.2, 0.25) is 12.6 Å². The molecule has 0 amide bonds. The Bertz CT molecular complexity index is 720. The molecule has 0 radical (unpaired) electrons. The standard InChI is InChI=1S/C15H20N2O3Si/c1-12-11-17(15(19)16-14(12)18)9-6-10-21(2,20)13-7-4-3-5-8-13/h3-5,7-8,11,20H,6,9-10H2,1-2H3,(H,16,18,19). The van der Waals surface area contributed by atoms with Gasteiger partial charge in [0, 0.05) is 18.3 Å². The largest absolute Gasteiger partial charge is 0.428 e. The van der Waals surface area contributed by atoms with E-state index in [0.717, 1.165) is 5.19 Å². The quantitative estimate of drug-likeness (QED) is 0.799. The minimum absolute atomic E-state index is 0.345. The lowest BCUT2D eigenvalue weighted by Crippen LogP contribution is -2.45. The molecule has 0 saturated heterocycles. The molecule has 2 aromatic rings. The minimum Gasteiger partial charge on any atom is -0.428 e. The van der Waals surface area contributed by atoms with Gasteiger partial charge in [0.1, 0.15) is 0 Å². The maximum Gasteiger partial charge on any atom is 0.328 e. The lowest BCUT2D eigenvalue weighted by Gasteiger charge is -2.20. The van der Waals surface area contributed by atoms with Crippen LogP contribution in [-0.4, -0.2) is 22.7 Å². The molecule has 2 N–H and O–H groups in total. The third-order valence-electron chi connectivity index (χ3n) is 3.65. The van der Waals surface area contributed by atoms with E-state index in [9.17, 15) is 14.4 Å². The van der Waals surface area contributed by atoms with E-state index < -0.39 is 14.0 Å². The lowest BCUT2D eigenvalue weighted by molar-refractivity contribution is 0.539. The van der Waals surface area contributed by atoms with Crippen LogP contribution in [0.15, 0.2) is 46.1 Å². The number of rotatable bonds is 5. The van der Waals surface area contributed by atoms with Crippen molar-refractivity contribution in [3.8, 4) is 0 Å². The second kappa shape index (κ2) is 6.24. The van der Waals surface area contributed by atoms with Crippen molar-refractivity contribution in [2.75, 3.05) is 0 Å². The van der Waals surface area contributed by atoms with Crippen LogP contribution in [0.5, 0.6) is 0 Å². The first-order valence-corrected chi connectivity index (χ1v) is 9.64. The van der Waals surface area contributed by atoms with Crippen molar-refractivity contribution < 1.29 is 4.80 Å². The maximum absolute atomic E-state index is 11.7. The Morgan fingerprint density at radius 2 is 1.90 bits per heavy atom. The maximum atomic E-state index is 11.7. The number of hydrogen-bond donors (Lipinski definition) is 2. The zero-order valence-corrected chi connectivity index (χ0v) is 13.3. The van der Waals surface area contributed by atoms with E-state index >= 15 is 0 Å². The Morgan fingerprint density at radius 3 is 2.57 bits per heavy atom. The van der Waals surface area contributed by atoms with Crippen LogP contribution in [0, 0.1) is 6.92 Å². The zero-order valence-electron chi connectivity index (χ0n) is 12.3. The summed E-state index contributed by atoms with van der Waals surface area (Å²) in [5.41, 5.74) is -0.227. The summed E-state index contributed by atoms with van der Waals surface area (Å²) in [4.78, 5) is 35.9. The Labute approximate surface area is 124 Å². The van der Waals surface area contributed by atoms with Gasteiger partial charge in [-0.3, -0.25) is 9.78 Å². The number of aryl methyl sites for hydroxylation is 2. The number of H-pyrrole nitrogens is 1. The van der Waals surface area contributed by atoms with Crippen LogP contribution in [-0.2, 0) is 6.54 Å². The number of hydrogen-bond acceptors (Lipinski definition) is 3. The van der Waals surface area contributed by atoms with Gasteiger partial charge < -0.3 is 9.36 Å². The molecule has 1 aromatic heterocycles. The molecule has 6 heteroatoms. The number of aromatic nitrogens is 2. The summed E-state index contributed by atoms with van der Waals surface area (Å²) in [7, 11) is -2.46. The van der Waals surface area contributed by atoms with E-state index in [0.29, 0.717) is 24.6 Å². The highest BCUT2D eigenvalue weighted by atomic mass is 28.4. The van der Waals surface area contributed by atoms with E-state index in [1.807, 2.05) is 36.9 Å². The molecule has 0 aliphatic rings. The molecule has 2 rings (SSSR count). The smallest absolute Gasteiger partial charge is 0.328 e. The summed E-state index contributed by atoms with van der Waals surface area (Å²) in [6.07, 6.45) is 2.26. The van der Waals surface area contributed by atoms with Crippen LogP contribution in [0.3, 0.4) is 0 Å². The molecule has 21 heavy (non-hydrogen) atoms. The van der Waals surface area contributed by atoms with Gasteiger partial charge in [-0.2, -0.15) is 0 Å². The molecule has 5 nitrogen and oxygen atoms in total. The number of benzene rings is 1. The average Bonchev–Trinajstić information content (AvgIpc) is 2.45. The van der Waals surface area contributed by atoms with Crippen LogP contribution in [0.4, 0.5) is 0 Å². The van der Waals surface area contributed by atoms with Gasteiger partial charge in [0.15, 0.2) is 0 Å². The van der Waals surface area contributed by atoms with E-state index in [-0.39, 0.29) is 5.56 Å². The van der Waals surface area contributed by atoms with Crippen molar-refractivity contribution in [2.24, 2.45) is 0 Å². The van der Waals surface area contributed by atoms with Gasteiger partial charge in [-0.15, -0.1) is 0 Å². The lowest BCUT2D eigenvalue weighted by atomic mass is 10.4. The van der Waals surface area contributed by atoms with E-state index in [4.69, 9.17) is 0 Å². The van der Waals surface area contributed by atoms with Crippen LogP contribution >= 0.6 is 0 Å². The third kappa shape index (κ3) is 3.80. The Balaban J connectivity index is 2.03. The van der Waals surface area contributed by atoms with Crippen molar-refractivity contribution in [3.63, 3.8) is 0 Å². The average molecular weight is 304 g/mol. The van der Waals surface area contributed by atoms with Crippen LogP contribution in [0.25, 0.3) is 0 Å². The van der Waals surface area contributed by atoms with Crippen molar-refractivity contribution in [1.29, 1.82) is 0 Å². The molecular formula is C15H20N2O3Si. The SMILES string of the molecule is Cc1cn(CCC[Si](C)(O)c2ccccc2)c(=O)[nH]c1=O. The number of nitrogens with zero attached hydrogens (tertiary/aromatic N) is 1. The van der Waals surface area contributed by atoms with Crippen molar-refractivity contribution >= 4 is 13.5 Å². The summed E-state index contributed by atoms with van der Waals surface area (Å²) in [5, 5.41) is 0.995. The van der Waals surface area contributed by atoms with Gasteiger partial charge in [0.05, 0.1) is 0 Å². The normalized spacial score (nSPS) is 13.9. The molecule has 0 fully saturated rings. The number of aromatic amines is 1. The topological polar surface area (TPSA) is 75.1 Å². The summed E-state index contributed by atoms with van der Waals surface area (Å²) >= 11 is 0. The monoisotopic (exact) mass is 304 g/mol. The highest BCUT2D eigenvalue weighted by Gasteiger charge is 2.26. The molecule has 0 bridgehead atoms. The zero-order chi connectivity index (χ0) is 15.5. The molecule has 1 unspecified atom stereocenters.